The van der Waals surface area contributed by atoms with Gasteiger partial charge in [-0.25, -0.2) is 0 Å². The Morgan fingerprint density at radius 3 is 2.33 bits per heavy atom. The van der Waals surface area contributed by atoms with Crippen LogP contribution in [0, 0.1) is 0 Å². The summed E-state index contributed by atoms with van der Waals surface area (Å²) in [5, 5.41) is 3.15. The molecule has 1 aromatic rings. The minimum absolute atomic E-state index is 0.810. The third kappa shape index (κ3) is 3.28. The zero-order chi connectivity index (χ0) is 9.40. The van der Waals surface area contributed by atoms with Gasteiger partial charge in [0.1, 0.15) is 0 Å². The predicted molar refractivity (Wildman–Crippen MR) is 56.4 cm³/mol. The van der Waals surface area contributed by atoms with E-state index in [0.29, 0.717) is 0 Å². The molecule has 0 spiro atoms. The summed E-state index contributed by atoms with van der Waals surface area (Å²) >= 11 is 0. The van der Waals surface area contributed by atoms with Crippen molar-refractivity contribution in [3.63, 3.8) is 0 Å². The maximum absolute atomic E-state index is 5.64. The molecule has 0 radical (unpaired) electrons. The minimum atomic E-state index is 0.810. The maximum Gasteiger partial charge on any atom is 0.0573 e. The second kappa shape index (κ2) is 6.53. The number of hydrogen-bond donors (Lipinski definition) is 2. The lowest BCUT2D eigenvalue weighted by molar-refractivity contribution is 1.21. The van der Waals surface area contributed by atoms with Crippen molar-refractivity contribution in [3.8, 4) is 0 Å². The van der Waals surface area contributed by atoms with Gasteiger partial charge in [-0.1, -0.05) is 26.0 Å². The number of anilines is 2. The first-order valence-corrected chi connectivity index (χ1v) is 4.43. The predicted octanol–water partition coefficient (Wildman–Crippen LogP) is 2.73. The second-order valence-electron chi connectivity index (χ2n) is 2.12. The highest BCUT2D eigenvalue weighted by atomic mass is 14.9. The summed E-state index contributed by atoms with van der Waals surface area (Å²) in [6.45, 7) is 6.96. The molecule has 3 N–H and O–H groups in total. The Hall–Kier alpha value is -1.18. The molecular weight excluding hydrogens is 148 g/mol. The van der Waals surface area contributed by atoms with Crippen LogP contribution in [0.4, 0.5) is 11.4 Å². The molecule has 0 saturated heterocycles. The number of nitrogens with one attached hydrogen (secondary N) is 1. The van der Waals surface area contributed by atoms with Gasteiger partial charge in [0.15, 0.2) is 0 Å². The van der Waals surface area contributed by atoms with Crippen molar-refractivity contribution in [2.24, 2.45) is 0 Å². The van der Waals surface area contributed by atoms with Crippen LogP contribution in [-0.2, 0) is 0 Å². The molecule has 0 aliphatic rings. The van der Waals surface area contributed by atoms with Crippen LogP contribution in [0.3, 0.4) is 0 Å². The van der Waals surface area contributed by atoms with Crippen molar-refractivity contribution in [1.29, 1.82) is 0 Å². The third-order valence-electron chi connectivity index (χ3n) is 1.33. The molecule has 1 aromatic carbocycles. The first-order valence-electron chi connectivity index (χ1n) is 4.43. The van der Waals surface area contributed by atoms with Crippen LogP contribution < -0.4 is 11.1 Å². The lowest BCUT2D eigenvalue weighted by atomic mass is 10.3. The second-order valence-corrected chi connectivity index (χ2v) is 2.12. The molecule has 1 rings (SSSR count). The zero-order valence-electron chi connectivity index (χ0n) is 8.09. The normalized spacial score (nSPS) is 8.25. The van der Waals surface area contributed by atoms with Crippen LogP contribution in [0.1, 0.15) is 20.8 Å². The van der Waals surface area contributed by atoms with Gasteiger partial charge in [0.25, 0.3) is 0 Å². The first-order chi connectivity index (χ1) is 5.84. The number of nitrogen functional groups attached to an aromatic ring is 1. The molecule has 0 bridgehead atoms. The molecule has 12 heavy (non-hydrogen) atoms. The van der Waals surface area contributed by atoms with Crippen molar-refractivity contribution in [3.05, 3.63) is 24.3 Å². The van der Waals surface area contributed by atoms with Gasteiger partial charge in [0, 0.05) is 6.54 Å². The van der Waals surface area contributed by atoms with E-state index in [9.17, 15) is 0 Å². The smallest absolute Gasteiger partial charge is 0.0573 e. The summed E-state index contributed by atoms with van der Waals surface area (Å²) in [5.41, 5.74) is 7.47. The van der Waals surface area contributed by atoms with E-state index in [1.54, 1.807) is 0 Å². The van der Waals surface area contributed by atoms with E-state index >= 15 is 0 Å². The van der Waals surface area contributed by atoms with Crippen LogP contribution in [-0.4, -0.2) is 6.54 Å². The molecule has 0 saturated carbocycles. The Kier molecular flexibility index (Phi) is 5.88. The first kappa shape index (κ1) is 10.8. The highest BCUT2D eigenvalue weighted by Crippen LogP contribution is 2.15. The van der Waals surface area contributed by atoms with E-state index in [0.717, 1.165) is 17.9 Å². The van der Waals surface area contributed by atoms with Crippen LogP contribution in [0.25, 0.3) is 0 Å². The molecule has 68 valence electrons. The van der Waals surface area contributed by atoms with E-state index < -0.39 is 0 Å². The van der Waals surface area contributed by atoms with E-state index in [2.05, 4.69) is 5.32 Å². The molecule has 2 nitrogen and oxygen atoms in total. The maximum atomic E-state index is 5.64. The number of rotatable bonds is 2. The fraction of sp³-hybridized carbons (Fsp3) is 0.400. The van der Waals surface area contributed by atoms with E-state index in [4.69, 9.17) is 5.73 Å². The van der Waals surface area contributed by atoms with Gasteiger partial charge in [0.05, 0.1) is 11.4 Å². The molecule has 0 heterocycles. The fourth-order valence-corrected chi connectivity index (χ4v) is 0.848. The van der Waals surface area contributed by atoms with E-state index in [1.807, 2.05) is 45.0 Å². The Morgan fingerprint density at radius 1 is 1.25 bits per heavy atom. The van der Waals surface area contributed by atoms with Gasteiger partial charge in [-0.2, -0.15) is 0 Å². The highest BCUT2D eigenvalue weighted by Gasteiger charge is 1.91. The van der Waals surface area contributed by atoms with Crippen molar-refractivity contribution in [2.75, 3.05) is 17.6 Å². The molecule has 0 aromatic heterocycles. The van der Waals surface area contributed by atoms with Gasteiger partial charge in [0.2, 0.25) is 0 Å². The van der Waals surface area contributed by atoms with Gasteiger partial charge in [-0.15, -0.1) is 0 Å². The SMILES string of the molecule is CC.CCNc1ccccc1N. The number of nitrogens with two attached hydrogens (primary N) is 1. The van der Waals surface area contributed by atoms with Crippen LogP contribution in [0.2, 0.25) is 0 Å². The van der Waals surface area contributed by atoms with Crippen LogP contribution in [0.15, 0.2) is 24.3 Å². The average Bonchev–Trinajstić information content (AvgIpc) is 2.13. The van der Waals surface area contributed by atoms with E-state index in [1.165, 1.54) is 0 Å². The summed E-state index contributed by atoms with van der Waals surface area (Å²) in [7, 11) is 0. The molecular formula is C10H18N2. The highest BCUT2D eigenvalue weighted by molar-refractivity contribution is 5.65. The Morgan fingerprint density at radius 2 is 1.83 bits per heavy atom. The minimum Gasteiger partial charge on any atom is -0.397 e. The summed E-state index contributed by atoms with van der Waals surface area (Å²) in [4.78, 5) is 0. The standard InChI is InChI=1S/C8H12N2.C2H6/c1-2-10-8-6-4-3-5-7(8)9;1-2/h3-6,10H,2,9H2,1H3;1-2H3. The molecule has 2 heteroatoms. The topological polar surface area (TPSA) is 38.0 Å². The van der Waals surface area contributed by atoms with Crippen LogP contribution >= 0.6 is 0 Å². The Balaban J connectivity index is 0.000000561. The van der Waals surface area contributed by atoms with Gasteiger partial charge in [-0.05, 0) is 19.1 Å². The molecule has 0 aliphatic carbocycles. The summed E-state index contributed by atoms with van der Waals surface area (Å²) in [6, 6.07) is 7.75. The lowest BCUT2D eigenvalue weighted by Gasteiger charge is -2.04. The van der Waals surface area contributed by atoms with Gasteiger partial charge in [-0.3, -0.25) is 0 Å². The number of para-hydroxylation sites is 2. The number of benzene rings is 1. The monoisotopic (exact) mass is 166 g/mol. The summed E-state index contributed by atoms with van der Waals surface area (Å²) in [5.74, 6) is 0. The van der Waals surface area contributed by atoms with Crippen LogP contribution in [0.5, 0.6) is 0 Å². The summed E-state index contributed by atoms with van der Waals surface area (Å²) in [6.07, 6.45) is 0. The Labute approximate surface area is 74.8 Å². The van der Waals surface area contributed by atoms with Crippen molar-refractivity contribution < 1.29 is 0 Å². The van der Waals surface area contributed by atoms with Gasteiger partial charge >= 0.3 is 0 Å². The van der Waals surface area contributed by atoms with Crippen molar-refractivity contribution in [1.82, 2.24) is 0 Å². The molecule has 0 aliphatic heterocycles. The van der Waals surface area contributed by atoms with Crippen molar-refractivity contribution in [2.45, 2.75) is 20.8 Å². The molecule has 0 atom stereocenters. The largest absolute Gasteiger partial charge is 0.397 e. The fourth-order valence-electron chi connectivity index (χ4n) is 0.848. The lowest BCUT2D eigenvalue weighted by Crippen LogP contribution is -1.99. The third-order valence-corrected chi connectivity index (χ3v) is 1.33. The van der Waals surface area contributed by atoms with Crippen molar-refractivity contribution >= 4 is 11.4 Å². The Bertz CT molecular complexity index is 209. The summed E-state index contributed by atoms with van der Waals surface area (Å²) < 4.78 is 0. The van der Waals surface area contributed by atoms with E-state index in [-0.39, 0.29) is 0 Å². The number of hydrogen-bond acceptors (Lipinski definition) is 2. The molecule has 0 unspecified atom stereocenters. The average molecular weight is 166 g/mol. The molecule has 0 fully saturated rings. The van der Waals surface area contributed by atoms with Gasteiger partial charge < -0.3 is 11.1 Å². The quantitative estimate of drug-likeness (QED) is 0.663. The molecule has 0 amide bonds. The zero-order valence-corrected chi connectivity index (χ0v) is 8.09.